The number of amidine groups is 1. The molecule has 2 aliphatic heterocycles. The lowest BCUT2D eigenvalue weighted by molar-refractivity contribution is -0.114. The Morgan fingerprint density at radius 2 is 2.05 bits per heavy atom. The normalized spacial score (nSPS) is 21.2. The predicted molar refractivity (Wildman–Crippen MR) is 77.2 cm³/mol. The van der Waals surface area contributed by atoms with Crippen LogP contribution in [0.25, 0.3) is 5.76 Å². The van der Waals surface area contributed by atoms with E-state index in [9.17, 15) is 9.90 Å². The molecule has 4 nitrogen and oxygen atoms in total. The lowest BCUT2D eigenvalue weighted by atomic mass is 10.1. The Hall–Kier alpha value is -1.62. The Kier molecular flexibility index (Phi) is 3.14. The largest absolute Gasteiger partial charge is 0.506 e. The van der Waals surface area contributed by atoms with Gasteiger partial charge < -0.3 is 10.0 Å². The maximum Gasteiger partial charge on any atom is 0.189 e. The van der Waals surface area contributed by atoms with Crippen LogP contribution in [0.4, 0.5) is 0 Å². The SMILES string of the molecule is O=C1CN2CCCN=C2/C1=C(\O)c1ccc(Br)cc1. The zero-order valence-corrected chi connectivity index (χ0v) is 11.9. The maximum atomic E-state index is 12.1. The van der Waals surface area contributed by atoms with E-state index in [4.69, 9.17) is 0 Å². The molecule has 0 spiro atoms. The smallest absolute Gasteiger partial charge is 0.189 e. The van der Waals surface area contributed by atoms with Crippen molar-refractivity contribution in [2.24, 2.45) is 4.99 Å². The third-order valence-corrected chi connectivity index (χ3v) is 3.87. The molecule has 0 bridgehead atoms. The Morgan fingerprint density at radius 3 is 2.79 bits per heavy atom. The second-order valence-corrected chi connectivity index (χ2v) is 5.55. The summed E-state index contributed by atoms with van der Waals surface area (Å²) in [4.78, 5) is 18.4. The van der Waals surface area contributed by atoms with E-state index >= 15 is 0 Å². The van der Waals surface area contributed by atoms with Gasteiger partial charge in [0, 0.05) is 23.1 Å². The number of nitrogens with zero attached hydrogens (tertiary/aromatic N) is 2. The van der Waals surface area contributed by atoms with Gasteiger partial charge in [0.1, 0.15) is 17.2 Å². The fraction of sp³-hybridized carbons (Fsp3) is 0.286. The average molecular weight is 321 g/mol. The first-order chi connectivity index (χ1) is 9.16. The number of halogens is 1. The molecule has 0 unspecified atom stereocenters. The summed E-state index contributed by atoms with van der Waals surface area (Å²) >= 11 is 3.35. The molecule has 0 aliphatic carbocycles. The molecule has 98 valence electrons. The second-order valence-electron chi connectivity index (χ2n) is 4.63. The maximum absolute atomic E-state index is 12.1. The second kappa shape index (κ2) is 4.81. The molecule has 19 heavy (non-hydrogen) atoms. The number of rotatable bonds is 1. The molecule has 1 fully saturated rings. The van der Waals surface area contributed by atoms with Crippen LogP contribution in [-0.4, -0.2) is 41.3 Å². The third kappa shape index (κ3) is 2.18. The van der Waals surface area contributed by atoms with Gasteiger partial charge in [-0.1, -0.05) is 28.1 Å². The minimum atomic E-state index is -0.0546. The Balaban J connectivity index is 2.07. The molecule has 0 aromatic heterocycles. The molecule has 5 heteroatoms. The fourth-order valence-electron chi connectivity index (χ4n) is 2.41. The number of carbonyl (C=O) groups excluding carboxylic acids is 1. The molecule has 1 N–H and O–H groups in total. The molecule has 1 aromatic rings. The number of aliphatic hydroxyl groups excluding tert-OH is 1. The summed E-state index contributed by atoms with van der Waals surface area (Å²) in [6.45, 7) is 1.88. The van der Waals surface area contributed by atoms with Crippen LogP contribution < -0.4 is 0 Å². The Labute approximate surface area is 119 Å². The van der Waals surface area contributed by atoms with Crippen LogP contribution in [0.5, 0.6) is 0 Å². The highest BCUT2D eigenvalue weighted by molar-refractivity contribution is 9.10. The van der Waals surface area contributed by atoms with Crippen LogP contribution in [0.1, 0.15) is 12.0 Å². The Morgan fingerprint density at radius 1 is 1.32 bits per heavy atom. The summed E-state index contributed by atoms with van der Waals surface area (Å²) in [5.41, 5.74) is 1.00. The number of benzene rings is 1. The van der Waals surface area contributed by atoms with Crippen LogP contribution in [-0.2, 0) is 4.79 Å². The molecule has 0 atom stereocenters. The quantitative estimate of drug-likeness (QED) is 0.638. The molecule has 0 amide bonds. The number of hydrogen-bond donors (Lipinski definition) is 1. The van der Waals surface area contributed by atoms with Gasteiger partial charge in [-0.25, -0.2) is 0 Å². The van der Waals surface area contributed by atoms with Crippen molar-refractivity contribution in [1.82, 2.24) is 4.90 Å². The first-order valence-corrected chi connectivity index (χ1v) is 6.98. The summed E-state index contributed by atoms with van der Waals surface area (Å²) < 4.78 is 0.934. The summed E-state index contributed by atoms with van der Waals surface area (Å²) in [5.74, 6) is 0.624. The summed E-state index contributed by atoms with van der Waals surface area (Å²) in [6, 6.07) is 7.25. The average Bonchev–Trinajstić information content (AvgIpc) is 2.74. The van der Waals surface area contributed by atoms with Gasteiger partial charge in [0.2, 0.25) is 0 Å². The summed E-state index contributed by atoms with van der Waals surface area (Å²) in [5, 5.41) is 10.4. The molecule has 2 aliphatic rings. The van der Waals surface area contributed by atoms with Crippen LogP contribution in [0.15, 0.2) is 39.3 Å². The van der Waals surface area contributed by atoms with E-state index in [1.54, 1.807) is 12.1 Å². The molecule has 3 rings (SSSR count). The van der Waals surface area contributed by atoms with Gasteiger partial charge in [0.25, 0.3) is 0 Å². The monoisotopic (exact) mass is 320 g/mol. The molecule has 1 aromatic carbocycles. The molecule has 0 saturated carbocycles. The zero-order chi connectivity index (χ0) is 13.4. The van der Waals surface area contributed by atoms with E-state index in [0.717, 1.165) is 24.0 Å². The van der Waals surface area contributed by atoms with E-state index in [1.165, 1.54) is 0 Å². The van der Waals surface area contributed by atoms with Crippen molar-refractivity contribution in [3.05, 3.63) is 39.9 Å². The van der Waals surface area contributed by atoms with Crippen LogP contribution in [0.2, 0.25) is 0 Å². The minimum Gasteiger partial charge on any atom is -0.506 e. The number of ketones is 1. The van der Waals surface area contributed by atoms with Crippen molar-refractivity contribution in [2.75, 3.05) is 19.6 Å². The van der Waals surface area contributed by atoms with Gasteiger partial charge in [-0.2, -0.15) is 0 Å². The van der Waals surface area contributed by atoms with E-state index in [-0.39, 0.29) is 11.5 Å². The van der Waals surface area contributed by atoms with Gasteiger partial charge >= 0.3 is 0 Å². The van der Waals surface area contributed by atoms with E-state index in [1.807, 2.05) is 17.0 Å². The van der Waals surface area contributed by atoms with Crippen molar-refractivity contribution in [2.45, 2.75) is 6.42 Å². The van der Waals surface area contributed by atoms with E-state index in [2.05, 4.69) is 20.9 Å². The van der Waals surface area contributed by atoms with E-state index < -0.39 is 0 Å². The fourth-order valence-corrected chi connectivity index (χ4v) is 2.68. The number of Topliss-reactive ketones (excluding diaryl/α,β-unsaturated/α-hetero) is 1. The highest BCUT2D eigenvalue weighted by Gasteiger charge is 2.35. The highest BCUT2D eigenvalue weighted by atomic mass is 79.9. The van der Waals surface area contributed by atoms with Gasteiger partial charge in [-0.05, 0) is 18.6 Å². The minimum absolute atomic E-state index is 0.0284. The number of fused-ring (bicyclic) bond motifs is 1. The Bertz CT molecular complexity index is 590. The molecule has 0 radical (unpaired) electrons. The van der Waals surface area contributed by atoms with Gasteiger partial charge in [-0.15, -0.1) is 0 Å². The summed E-state index contributed by atoms with van der Waals surface area (Å²) in [7, 11) is 0. The molecule has 1 saturated heterocycles. The lowest BCUT2D eigenvalue weighted by Crippen LogP contribution is -2.31. The molecular formula is C14H13BrN2O2. The standard InChI is InChI=1S/C14H13BrN2O2/c15-10-4-2-9(3-5-10)13(19)12-11(18)8-17-7-1-6-16-14(12)17/h2-5,19H,1,6-8H2/b13-12-. The highest BCUT2D eigenvalue weighted by Crippen LogP contribution is 2.26. The van der Waals surface area contributed by atoms with Gasteiger partial charge in [0.05, 0.1) is 6.54 Å². The number of carbonyl (C=O) groups is 1. The molecule has 2 heterocycles. The number of aliphatic imine (C=N–C) groups is 1. The summed E-state index contributed by atoms with van der Waals surface area (Å²) in [6.07, 6.45) is 0.961. The van der Waals surface area contributed by atoms with Crippen molar-refractivity contribution in [3.63, 3.8) is 0 Å². The lowest BCUT2D eigenvalue weighted by Gasteiger charge is -2.21. The predicted octanol–water partition coefficient (Wildman–Crippen LogP) is 2.41. The van der Waals surface area contributed by atoms with Gasteiger partial charge in [-0.3, -0.25) is 9.79 Å². The van der Waals surface area contributed by atoms with E-state index in [0.29, 0.717) is 23.5 Å². The third-order valence-electron chi connectivity index (χ3n) is 3.34. The van der Waals surface area contributed by atoms with Crippen molar-refractivity contribution in [1.29, 1.82) is 0 Å². The number of hydrogen-bond acceptors (Lipinski definition) is 4. The van der Waals surface area contributed by atoms with Crippen LogP contribution in [0.3, 0.4) is 0 Å². The van der Waals surface area contributed by atoms with Crippen molar-refractivity contribution < 1.29 is 9.90 Å². The van der Waals surface area contributed by atoms with Gasteiger partial charge in [0.15, 0.2) is 5.78 Å². The number of aliphatic hydroxyl groups is 1. The topological polar surface area (TPSA) is 52.9 Å². The zero-order valence-electron chi connectivity index (χ0n) is 10.3. The van der Waals surface area contributed by atoms with Crippen molar-refractivity contribution in [3.8, 4) is 0 Å². The van der Waals surface area contributed by atoms with Crippen molar-refractivity contribution >= 4 is 33.3 Å². The first kappa shape index (κ1) is 12.4. The first-order valence-electron chi connectivity index (χ1n) is 6.19. The van der Waals surface area contributed by atoms with Crippen LogP contribution in [0, 0.1) is 0 Å². The van der Waals surface area contributed by atoms with Crippen LogP contribution >= 0.6 is 15.9 Å². The molecular weight excluding hydrogens is 308 g/mol.